The van der Waals surface area contributed by atoms with Gasteiger partial charge in [0.05, 0.1) is 23.9 Å². The molecular formula is C15H30N2O3. The average molecular weight is 286 g/mol. The van der Waals surface area contributed by atoms with Crippen molar-refractivity contribution in [1.82, 2.24) is 5.43 Å². The van der Waals surface area contributed by atoms with Gasteiger partial charge in [-0.15, -0.1) is 0 Å². The zero-order chi connectivity index (χ0) is 14.6. The summed E-state index contributed by atoms with van der Waals surface area (Å²) in [5.41, 5.74) is 2.77. The predicted octanol–water partition coefficient (Wildman–Crippen LogP) is 1.61. The van der Waals surface area contributed by atoms with Crippen molar-refractivity contribution < 1.29 is 14.2 Å². The van der Waals surface area contributed by atoms with Gasteiger partial charge < -0.3 is 14.2 Å². The summed E-state index contributed by atoms with van der Waals surface area (Å²) < 4.78 is 17.5. The molecule has 5 nitrogen and oxygen atoms in total. The van der Waals surface area contributed by atoms with Gasteiger partial charge in [-0.3, -0.25) is 11.3 Å². The Kier molecular flexibility index (Phi) is 5.42. The van der Waals surface area contributed by atoms with Crippen LogP contribution in [0.25, 0.3) is 0 Å². The highest BCUT2D eigenvalue weighted by Crippen LogP contribution is 2.40. The number of ether oxygens (including phenoxy) is 3. The molecule has 2 heterocycles. The zero-order valence-electron chi connectivity index (χ0n) is 13.1. The molecule has 2 fully saturated rings. The van der Waals surface area contributed by atoms with Crippen LogP contribution in [0.2, 0.25) is 0 Å². The Balaban J connectivity index is 2.14. The van der Waals surface area contributed by atoms with Crippen LogP contribution in [0.4, 0.5) is 0 Å². The lowest BCUT2D eigenvalue weighted by Crippen LogP contribution is -2.60. The smallest absolute Gasteiger partial charge is 0.0939 e. The maximum absolute atomic E-state index is 6.03. The number of rotatable bonds is 6. The van der Waals surface area contributed by atoms with Gasteiger partial charge in [0.1, 0.15) is 0 Å². The van der Waals surface area contributed by atoms with Crippen LogP contribution in [0.5, 0.6) is 0 Å². The van der Waals surface area contributed by atoms with Gasteiger partial charge in [0.25, 0.3) is 0 Å². The fraction of sp³-hybridized carbons (Fsp3) is 1.00. The molecule has 3 atom stereocenters. The van der Waals surface area contributed by atoms with Crippen LogP contribution in [0.1, 0.15) is 46.0 Å². The van der Waals surface area contributed by atoms with Gasteiger partial charge in [-0.05, 0) is 31.6 Å². The summed E-state index contributed by atoms with van der Waals surface area (Å²) in [6, 6.07) is 0.156. The normalized spacial score (nSPS) is 32.7. The Morgan fingerprint density at radius 3 is 2.65 bits per heavy atom. The maximum Gasteiger partial charge on any atom is 0.0939 e. The van der Waals surface area contributed by atoms with Gasteiger partial charge in [0.2, 0.25) is 0 Å². The number of nitrogens with one attached hydrogen (secondary N) is 1. The molecule has 2 saturated heterocycles. The molecule has 0 bridgehead atoms. The van der Waals surface area contributed by atoms with Crippen molar-refractivity contribution in [1.29, 1.82) is 0 Å². The summed E-state index contributed by atoms with van der Waals surface area (Å²) in [6.07, 6.45) is 4.94. The van der Waals surface area contributed by atoms with Crippen molar-refractivity contribution in [3.63, 3.8) is 0 Å². The molecule has 0 aromatic heterocycles. The van der Waals surface area contributed by atoms with E-state index in [2.05, 4.69) is 19.3 Å². The third-order valence-corrected chi connectivity index (χ3v) is 5.42. The molecular weight excluding hydrogens is 256 g/mol. The van der Waals surface area contributed by atoms with E-state index in [4.69, 9.17) is 20.1 Å². The standard InChI is InChI=1S/C15H30N2O3/c1-4-15(5-2,18-3)13(17-16)12-6-8-20-14(10-12)7-9-19-11-14/h12-13,17H,4-11,16H2,1-3H3. The van der Waals surface area contributed by atoms with Crippen LogP contribution in [0.15, 0.2) is 0 Å². The van der Waals surface area contributed by atoms with Gasteiger partial charge in [-0.2, -0.15) is 0 Å². The second kappa shape index (κ2) is 6.71. The molecule has 0 aliphatic carbocycles. The average Bonchev–Trinajstić information content (AvgIpc) is 2.92. The minimum atomic E-state index is -0.197. The Bertz CT molecular complexity index is 293. The predicted molar refractivity (Wildman–Crippen MR) is 78.3 cm³/mol. The minimum Gasteiger partial charge on any atom is -0.378 e. The van der Waals surface area contributed by atoms with Gasteiger partial charge >= 0.3 is 0 Å². The van der Waals surface area contributed by atoms with Crippen LogP contribution in [0, 0.1) is 5.92 Å². The van der Waals surface area contributed by atoms with E-state index in [1.54, 1.807) is 7.11 Å². The first kappa shape index (κ1) is 16.2. The summed E-state index contributed by atoms with van der Waals surface area (Å²) >= 11 is 0. The molecule has 0 aromatic carbocycles. The number of hydrazine groups is 1. The van der Waals surface area contributed by atoms with Crippen molar-refractivity contribution >= 4 is 0 Å². The van der Waals surface area contributed by atoms with Crippen molar-refractivity contribution in [2.75, 3.05) is 26.9 Å². The Hall–Kier alpha value is -0.200. The summed E-state index contributed by atoms with van der Waals surface area (Å²) in [5, 5.41) is 0. The Morgan fingerprint density at radius 2 is 2.15 bits per heavy atom. The highest BCUT2D eigenvalue weighted by atomic mass is 16.6. The fourth-order valence-electron chi connectivity index (χ4n) is 4.04. The lowest BCUT2D eigenvalue weighted by Gasteiger charge is -2.47. The van der Waals surface area contributed by atoms with Crippen molar-refractivity contribution in [2.45, 2.75) is 63.2 Å². The van der Waals surface area contributed by atoms with E-state index in [1.807, 2.05) is 0 Å². The van der Waals surface area contributed by atoms with E-state index in [0.29, 0.717) is 5.92 Å². The first-order valence-electron chi connectivity index (χ1n) is 7.88. The van der Waals surface area contributed by atoms with Crippen molar-refractivity contribution in [3.8, 4) is 0 Å². The summed E-state index contributed by atoms with van der Waals surface area (Å²) in [6.45, 7) is 6.67. The molecule has 3 unspecified atom stereocenters. The van der Waals surface area contributed by atoms with E-state index in [-0.39, 0.29) is 17.2 Å². The van der Waals surface area contributed by atoms with Gasteiger partial charge in [0, 0.05) is 26.7 Å². The van der Waals surface area contributed by atoms with E-state index >= 15 is 0 Å². The number of hydrogen-bond donors (Lipinski definition) is 2. The minimum absolute atomic E-state index is 0.0843. The van der Waals surface area contributed by atoms with Crippen LogP contribution >= 0.6 is 0 Å². The quantitative estimate of drug-likeness (QED) is 0.573. The van der Waals surface area contributed by atoms with Crippen LogP contribution in [0.3, 0.4) is 0 Å². The monoisotopic (exact) mass is 286 g/mol. The van der Waals surface area contributed by atoms with Crippen LogP contribution in [-0.2, 0) is 14.2 Å². The van der Waals surface area contributed by atoms with Gasteiger partial charge in [-0.25, -0.2) is 0 Å². The van der Waals surface area contributed by atoms with E-state index < -0.39 is 0 Å². The highest BCUT2D eigenvalue weighted by molar-refractivity contribution is 5.00. The molecule has 0 radical (unpaired) electrons. The molecule has 20 heavy (non-hydrogen) atoms. The fourth-order valence-corrected chi connectivity index (χ4v) is 4.04. The topological polar surface area (TPSA) is 65.7 Å². The maximum atomic E-state index is 6.03. The second-order valence-electron chi connectivity index (χ2n) is 6.21. The molecule has 2 aliphatic heterocycles. The molecule has 0 amide bonds. The number of methoxy groups -OCH3 is 1. The second-order valence-corrected chi connectivity index (χ2v) is 6.21. The van der Waals surface area contributed by atoms with Crippen molar-refractivity contribution in [3.05, 3.63) is 0 Å². The lowest BCUT2D eigenvalue weighted by molar-refractivity contribution is -0.129. The number of hydrogen-bond acceptors (Lipinski definition) is 5. The Morgan fingerprint density at radius 1 is 1.40 bits per heavy atom. The summed E-state index contributed by atoms with van der Waals surface area (Å²) in [7, 11) is 1.80. The lowest BCUT2D eigenvalue weighted by atomic mass is 9.73. The largest absolute Gasteiger partial charge is 0.378 e. The van der Waals surface area contributed by atoms with Crippen LogP contribution < -0.4 is 11.3 Å². The van der Waals surface area contributed by atoms with Gasteiger partial charge in [-0.1, -0.05) is 13.8 Å². The van der Waals surface area contributed by atoms with E-state index in [9.17, 15) is 0 Å². The first-order chi connectivity index (χ1) is 9.65. The third-order valence-electron chi connectivity index (χ3n) is 5.42. The molecule has 5 heteroatoms. The van der Waals surface area contributed by atoms with Crippen LogP contribution in [-0.4, -0.2) is 44.2 Å². The molecule has 0 aromatic rings. The molecule has 1 spiro atoms. The van der Waals surface area contributed by atoms with E-state index in [1.165, 1.54) is 0 Å². The zero-order valence-corrected chi connectivity index (χ0v) is 13.1. The molecule has 0 saturated carbocycles. The first-order valence-corrected chi connectivity index (χ1v) is 7.88. The molecule has 2 aliphatic rings. The molecule has 2 rings (SSSR count). The van der Waals surface area contributed by atoms with E-state index in [0.717, 1.165) is 51.9 Å². The Labute approximate surface area is 122 Å². The molecule has 3 N–H and O–H groups in total. The van der Waals surface area contributed by atoms with Gasteiger partial charge in [0.15, 0.2) is 0 Å². The SMILES string of the molecule is CCC(CC)(OC)C(NN)C1CCOC2(CCOC2)C1. The molecule has 118 valence electrons. The highest BCUT2D eigenvalue weighted by Gasteiger charge is 2.47. The third kappa shape index (κ3) is 2.88. The van der Waals surface area contributed by atoms with Crippen molar-refractivity contribution in [2.24, 2.45) is 11.8 Å². The number of nitrogens with two attached hydrogens (primary N) is 1. The summed E-state index contributed by atoms with van der Waals surface area (Å²) in [4.78, 5) is 0. The summed E-state index contributed by atoms with van der Waals surface area (Å²) in [5.74, 6) is 6.37.